The summed E-state index contributed by atoms with van der Waals surface area (Å²) >= 11 is 0. The van der Waals surface area contributed by atoms with Crippen molar-refractivity contribution in [2.45, 2.75) is 12.5 Å². The number of amides is 1. The summed E-state index contributed by atoms with van der Waals surface area (Å²) in [5, 5.41) is 2.77. The first-order chi connectivity index (χ1) is 14.5. The number of ether oxygens (including phenoxy) is 1. The lowest BCUT2D eigenvalue weighted by molar-refractivity contribution is -0.121. The summed E-state index contributed by atoms with van der Waals surface area (Å²) in [6.45, 7) is 0.239. The van der Waals surface area contributed by atoms with Crippen LogP contribution in [0.25, 0.3) is 0 Å². The Kier molecular flexibility index (Phi) is 5.83. The largest absolute Gasteiger partial charge is 0.457 e. The van der Waals surface area contributed by atoms with Crippen molar-refractivity contribution in [3.05, 3.63) is 95.6 Å². The first-order valence-electron chi connectivity index (χ1n) is 9.68. The molecule has 1 amide bonds. The van der Waals surface area contributed by atoms with Crippen LogP contribution in [0.15, 0.2) is 78.9 Å². The van der Waals surface area contributed by atoms with Gasteiger partial charge in [-0.2, -0.15) is 0 Å². The molecule has 4 rings (SSSR count). The summed E-state index contributed by atoms with van der Waals surface area (Å²) < 4.78 is 33.0. The minimum Gasteiger partial charge on any atom is -0.457 e. The first-order valence-corrected chi connectivity index (χ1v) is 11.3. The van der Waals surface area contributed by atoms with Crippen LogP contribution in [-0.4, -0.2) is 26.6 Å². The summed E-state index contributed by atoms with van der Waals surface area (Å²) in [5.74, 6) is 0.266. The Morgan fingerprint density at radius 2 is 1.40 bits per heavy atom. The minimum atomic E-state index is -3.52. The van der Waals surface area contributed by atoms with Crippen molar-refractivity contribution in [3.8, 4) is 11.5 Å². The molecule has 0 radical (unpaired) electrons. The van der Waals surface area contributed by atoms with E-state index in [1.54, 1.807) is 0 Å². The predicted octanol–water partition coefficient (Wildman–Crippen LogP) is 3.16. The molecule has 0 spiro atoms. The molecule has 3 aromatic carbocycles. The smallest absolute Gasteiger partial charge is 0.232 e. The zero-order valence-corrected chi connectivity index (χ0v) is 17.1. The third kappa shape index (κ3) is 4.53. The molecule has 0 fully saturated rings. The molecule has 0 aromatic heterocycles. The number of benzene rings is 3. The number of rotatable bonds is 7. The molecule has 0 unspecified atom stereocenters. The van der Waals surface area contributed by atoms with Gasteiger partial charge in [-0.15, -0.1) is 0 Å². The Balaban J connectivity index is 1.41. The highest BCUT2D eigenvalue weighted by atomic mass is 32.2. The topological polar surface area (TPSA) is 84.5 Å². The molecule has 154 valence electrons. The summed E-state index contributed by atoms with van der Waals surface area (Å²) in [4.78, 5) is 13.0. The van der Waals surface area contributed by atoms with Gasteiger partial charge in [-0.1, -0.05) is 66.7 Å². The van der Waals surface area contributed by atoms with Gasteiger partial charge in [0.25, 0.3) is 0 Å². The second kappa shape index (κ2) is 8.69. The molecule has 6 nitrogen and oxygen atoms in total. The van der Waals surface area contributed by atoms with Crippen LogP contribution < -0.4 is 14.8 Å². The van der Waals surface area contributed by atoms with Crippen LogP contribution in [0.5, 0.6) is 11.5 Å². The van der Waals surface area contributed by atoms with E-state index in [0.717, 1.165) is 16.7 Å². The van der Waals surface area contributed by atoms with Crippen LogP contribution in [0.3, 0.4) is 0 Å². The maximum absolute atomic E-state index is 13.0. The molecular formula is C23H22N2O4S. The molecule has 1 heterocycles. The SMILES string of the molecule is O=C(NCCS(=O)(=O)NCc1ccccc1)C1c2ccccc2Oc2ccccc21. The zero-order valence-electron chi connectivity index (χ0n) is 16.2. The fraction of sp³-hybridized carbons (Fsp3) is 0.174. The lowest BCUT2D eigenvalue weighted by Crippen LogP contribution is -2.37. The van der Waals surface area contributed by atoms with E-state index in [9.17, 15) is 13.2 Å². The van der Waals surface area contributed by atoms with Gasteiger partial charge < -0.3 is 10.1 Å². The van der Waals surface area contributed by atoms with E-state index in [-0.39, 0.29) is 24.7 Å². The Morgan fingerprint density at radius 3 is 2.03 bits per heavy atom. The van der Waals surface area contributed by atoms with Gasteiger partial charge in [-0.05, 0) is 17.7 Å². The third-order valence-electron chi connectivity index (χ3n) is 4.95. The molecule has 30 heavy (non-hydrogen) atoms. The summed E-state index contributed by atoms with van der Waals surface area (Å²) in [5.41, 5.74) is 2.40. The van der Waals surface area contributed by atoms with Crippen LogP contribution in [0.1, 0.15) is 22.6 Å². The van der Waals surface area contributed by atoms with Gasteiger partial charge in [0.1, 0.15) is 11.5 Å². The van der Waals surface area contributed by atoms with Crippen molar-refractivity contribution in [1.29, 1.82) is 0 Å². The van der Waals surface area contributed by atoms with Crippen molar-refractivity contribution in [2.75, 3.05) is 12.3 Å². The number of carbonyl (C=O) groups is 1. The predicted molar refractivity (Wildman–Crippen MR) is 115 cm³/mol. The van der Waals surface area contributed by atoms with Crippen molar-refractivity contribution in [3.63, 3.8) is 0 Å². The second-order valence-electron chi connectivity index (χ2n) is 7.03. The van der Waals surface area contributed by atoms with Gasteiger partial charge in [-0.25, -0.2) is 13.1 Å². The Morgan fingerprint density at radius 1 is 0.833 bits per heavy atom. The summed E-state index contributed by atoms with van der Waals surface area (Å²) in [7, 11) is -3.52. The average molecular weight is 423 g/mol. The summed E-state index contributed by atoms with van der Waals surface area (Å²) in [6, 6.07) is 24.1. The van der Waals surface area contributed by atoms with Gasteiger partial charge >= 0.3 is 0 Å². The number of para-hydroxylation sites is 2. The van der Waals surface area contributed by atoms with Gasteiger partial charge in [0.15, 0.2) is 0 Å². The highest BCUT2D eigenvalue weighted by Gasteiger charge is 2.32. The zero-order chi connectivity index (χ0) is 21.0. The minimum absolute atomic E-state index is 0.0185. The standard InChI is InChI=1S/C23H22N2O4S/c26-23(24-14-15-30(27,28)25-16-17-8-2-1-3-9-17)22-18-10-4-6-12-20(18)29-21-13-7-5-11-19(21)22/h1-13,22,25H,14-16H2,(H,24,26). The monoisotopic (exact) mass is 422 g/mol. The molecule has 1 aliphatic rings. The van der Waals surface area contributed by atoms with Gasteiger partial charge in [0, 0.05) is 24.2 Å². The summed E-state index contributed by atoms with van der Waals surface area (Å²) in [6.07, 6.45) is 0. The molecule has 3 aromatic rings. The van der Waals surface area contributed by atoms with Crippen molar-refractivity contribution in [1.82, 2.24) is 10.0 Å². The van der Waals surface area contributed by atoms with Gasteiger partial charge in [0.2, 0.25) is 15.9 Å². The van der Waals surface area contributed by atoms with E-state index in [4.69, 9.17) is 4.74 Å². The molecule has 2 N–H and O–H groups in total. The number of carbonyl (C=O) groups excluding carboxylic acids is 1. The van der Waals surface area contributed by atoms with E-state index in [1.165, 1.54) is 0 Å². The third-order valence-corrected chi connectivity index (χ3v) is 6.28. The van der Waals surface area contributed by atoms with E-state index in [0.29, 0.717) is 11.5 Å². The van der Waals surface area contributed by atoms with Crippen LogP contribution in [0, 0.1) is 0 Å². The average Bonchev–Trinajstić information content (AvgIpc) is 2.76. The van der Waals surface area contributed by atoms with Crippen molar-refractivity contribution in [2.24, 2.45) is 0 Å². The maximum atomic E-state index is 13.0. The molecule has 1 aliphatic heterocycles. The molecule has 0 saturated heterocycles. The fourth-order valence-electron chi connectivity index (χ4n) is 3.46. The van der Waals surface area contributed by atoms with E-state index in [2.05, 4.69) is 10.0 Å². The van der Waals surface area contributed by atoms with Crippen LogP contribution in [0.2, 0.25) is 0 Å². The van der Waals surface area contributed by atoms with Crippen LogP contribution >= 0.6 is 0 Å². The van der Waals surface area contributed by atoms with Crippen molar-refractivity contribution < 1.29 is 17.9 Å². The van der Waals surface area contributed by atoms with Crippen LogP contribution in [-0.2, 0) is 21.4 Å². The number of fused-ring (bicyclic) bond motifs is 2. The molecule has 0 aliphatic carbocycles. The van der Waals surface area contributed by atoms with E-state index >= 15 is 0 Å². The van der Waals surface area contributed by atoms with Crippen LogP contribution in [0.4, 0.5) is 0 Å². The van der Waals surface area contributed by atoms with E-state index in [1.807, 2.05) is 78.9 Å². The highest BCUT2D eigenvalue weighted by Crippen LogP contribution is 2.43. The normalized spacial score (nSPS) is 13.1. The highest BCUT2D eigenvalue weighted by molar-refractivity contribution is 7.89. The molecular weight excluding hydrogens is 400 g/mol. The number of nitrogens with one attached hydrogen (secondary N) is 2. The Labute approximate surface area is 176 Å². The molecule has 7 heteroatoms. The van der Waals surface area contributed by atoms with Crippen molar-refractivity contribution >= 4 is 15.9 Å². The second-order valence-corrected chi connectivity index (χ2v) is 8.95. The number of hydrogen-bond donors (Lipinski definition) is 2. The molecule has 0 bridgehead atoms. The van der Waals surface area contributed by atoms with Gasteiger partial charge in [-0.3, -0.25) is 4.79 Å². The van der Waals surface area contributed by atoms with Gasteiger partial charge in [0.05, 0.1) is 11.7 Å². The van der Waals surface area contributed by atoms with E-state index < -0.39 is 15.9 Å². The number of hydrogen-bond acceptors (Lipinski definition) is 4. The number of sulfonamides is 1. The Bertz CT molecular complexity index is 1100. The lowest BCUT2D eigenvalue weighted by atomic mass is 9.87. The quantitative estimate of drug-likeness (QED) is 0.613. The molecule has 0 atom stereocenters. The fourth-order valence-corrected chi connectivity index (χ4v) is 4.37. The first kappa shape index (κ1) is 20.1. The molecule has 0 saturated carbocycles. The Hall–Kier alpha value is -3.16. The lowest BCUT2D eigenvalue weighted by Gasteiger charge is -2.27. The maximum Gasteiger partial charge on any atom is 0.232 e.